The Hall–Kier alpha value is -1.82. The highest BCUT2D eigenvalue weighted by Crippen LogP contribution is 2.31. The molecule has 0 saturated carbocycles. The van der Waals surface area contributed by atoms with Crippen molar-refractivity contribution in [1.29, 1.82) is 5.26 Å². The van der Waals surface area contributed by atoms with Crippen LogP contribution in [-0.4, -0.2) is 12.5 Å². The van der Waals surface area contributed by atoms with Crippen molar-refractivity contribution in [2.24, 2.45) is 5.41 Å². The summed E-state index contributed by atoms with van der Waals surface area (Å²) in [6, 6.07) is 9.92. The third kappa shape index (κ3) is 1.57. The van der Waals surface area contributed by atoms with Crippen molar-refractivity contribution in [2.45, 2.75) is 20.3 Å². The second-order valence-corrected chi connectivity index (χ2v) is 4.57. The second-order valence-electron chi connectivity index (χ2n) is 4.57. The van der Waals surface area contributed by atoms with Crippen LogP contribution >= 0.6 is 0 Å². The zero-order chi connectivity index (χ0) is 11.8. The van der Waals surface area contributed by atoms with Gasteiger partial charge in [0, 0.05) is 12.2 Å². The largest absolute Gasteiger partial charge is 0.310 e. The number of benzene rings is 1. The molecule has 16 heavy (non-hydrogen) atoms. The minimum Gasteiger partial charge on any atom is -0.310 e. The van der Waals surface area contributed by atoms with Gasteiger partial charge in [-0.05, 0) is 31.9 Å². The van der Waals surface area contributed by atoms with Crippen molar-refractivity contribution in [3.8, 4) is 6.07 Å². The Morgan fingerprint density at radius 3 is 2.81 bits per heavy atom. The van der Waals surface area contributed by atoms with Crippen LogP contribution < -0.4 is 4.90 Å². The Morgan fingerprint density at radius 2 is 2.12 bits per heavy atom. The maximum Gasteiger partial charge on any atom is 0.246 e. The second kappa shape index (κ2) is 3.64. The van der Waals surface area contributed by atoms with Crippen LogP contribution in [0.2, 0.25) is 0 Å². The summed E-state index contributed by atoms with van der Waals surface area (Å²) >= 11 is 0. The molecule has 1 aromatic carbocycles. The molecule has 0 saturated heterocycles. The number of anilines is 1. The van der Waals surface area contributed by atoms with Gasteiger partial charge in [-0.2, -0.15) is 5.26 Å². The van der Waals surface area contributed by atoms with Gasteiger partial charge in [0.1, 0.15) is 5.41 Å². The van der Waals surface area contributed by atoms with Crippen molar-refractivity contribution in [1.82, 2.24) is 0 Å². The molecule has 1 amide bonds. The highest BCUT2D eigenvalue weighted by Gasteiger charge is 2.35. The topological polar surface area (TPSA) is 44.1 Å². The van der Waals surface area contributed by atoms with E-state index in [1.807, 2.05) is 24.3 Å². The lowest BCUT2D eigenvalue weighted by Gasteiger charge is -2.24. The zero-order valence-corrected chi connectivity index (χ0v) is 9.53. The maximum atomic E-state index is 12.2. The van der Waals surface area contributed by atoms with Crippen LogP contribution in [0.15, 0.2) is 24.3 Å². The molecule has 1 aliphatic rings. The molecular weight excluding hydrogens is 200 g/mol. The van der Waals surface area contributed by atoms with Crippen LogP contribution in [0.1, 0.15) is 19.4 Å². The summed E-state index contributed by atoms with van der Waals surface area (Å²) < 4.78 is 0. The maximum absolute atomic E-state index is 12.2. The Labute approximate surface area is 95.3 Å². The van der Waals surface area contributed by atoms with Crippen LogP contribution in [0, 0.1) is 16.7 Å². The molecule has 0 aliphatic carbocycles. The van der Waals surface area contributed by atoms with Gasteiger partial charge in [0.05, 0.1) is 6.07 Å². The van der Waals surface area contributed by atoms with E-state index in [0.29, 0.717) is 6.54 Å². The van der Waals surface area contributed by atoms with Gasteiger partial charge in [-0.25, -0.2) is 0 Å². The molecule has 2 rings (SSSR count). The molecule has 82 valence electrons. The fourth-order valence-electron chi connectivity index (χ4n) is 1.93. The number of carbonyl (C=O) groups excluding carboxylic acids is 1. The first-order valence-corrected chi connectivity index (χ1v) is 5.37. The van der Waals surface area contributed by atoms with Gasteiger partial charge in [0.25, 0.3) is 0 Å². The third-order valence-corrected chi connectivity index (χ3v) is 2.95. The molecule has 0 unspecified atom stereocenters. The summed E-state index contributed by atoms with van der Waals surface area (Å²) in [4.78, 5) is 13.9. The number of amides is 1. The summed E-state index contributed by atoms with van der Waals surface area (Å²) in [5.41, 5.74) is 1.19. The molecule has 0 N–H and O–H groups in total. The first-order valence-electron chi connectivity index (χ1n) is 5.37. The van der Waals surface area contributed by atoms with E-state index in [1.54, 1.807) is 18.7 Å². The number of rotatable bonds is 1. The highest BCUT2D eigenvalue weighted by molar-refractivity contribution is 6.00. The smallest absolute Gasteiger partial charge is 0.246 e. The molecule has 0 spiro atoms. The Bertz CT molecular complexity index is 471. The number of nitriles is 1. The van der Waals surface area contributed by atoms with Crippen molar-refractivity contribution in [3.63, 3.8) is 0 Å². The molecular formula is C13H14N2O. The molecule has 0 radical (unpaired) electrons. The van der Waals surface area contributed by atoms with Crippen LogP contribution in [0.5, 0.6) is 0 Å². The number of hydrogen-bond donors (Lipinski definition) is 0. The van der Waals surface area contributed by atoms with E-state index in [1.165, 1.54) is 5.56 Å². The Balaban J connectivity index is 2.34. The zero-order valence-electron chi connectivity index (χ0n) is 9.53. The average molecular weight is 214 g/mol. The first-order chi connectivity index (χ1) is 7.56. The summed E-state index contributed by atoms with van der Waals surface area (Å²) in [5.74, 6) is -0.111. The van der Waals surface area contributed by atoms with Gasteiger partial charge in [-0.3, -0.25) is 4.79 Å². The lowest BCUT2D eigenvalue weighted by atomic mass is 9.94. The van der Waals surface area contributed by atoms with Gasteiger partial charge in [-0.1, -0.05) is 18.2 Å². The van der Waals surface area contributed by atoms with E-state index in [2.05, 4.69) is 6.07 Å². The van der Waals surface area contributed by atoms with Gasteiger partial charge in [0.15, 0.2) is 0 Å². The highest BCUT2D eigenvalue weighted by atomic mass is 16.2. The van der Waals surface area contributed by atoms with E-state index in [9.17, 15) is 4.79 Å². The van der Waals surface area contributed by atoms with Crippen LogP contribution in [-0.2, 0) is 11.2 Å². The number of hydrogen-bond acceptors (Lipinski definition) is 2. The summed E-state index contributed by atoms with van der Waals surface area (Å²) in [7, 11) is 0. The number of fused-ring (bicyclic) bond motifs is 1. The third-order valence-electron chi connectivity index (χ3n) is 2.95. The van der Waals surface area contributed by atoms with Gasteiger partial charge >= 0.3 is 0 Å². The fraction of sp³-hybridized carbons (Fsp3) is 0.385. The van der Waals surface area contributed by atoms with Crippen molar-refractivity contribution in [2.75, 3.05) is 11.4 Å². The molecule has 0 fully saturated rings. The van der Waals surface area contributed by atoms with E-state index in [0.717, 1.165) is 12.1 Å². The molecule has 3 heteroatoms. The normalized spacial score (nSPS) is 14.4. The minimum atomic E-state index is -0.947. The van der Waals surface area contributed by atoms with Crippen LogP contribution in [0.4, 0.5) is 5.69 Å². The van der Waals surface area contributed by atoms with Crippen molar-refractivity contribution < 1.29 is 4.79 Å². The molecule has 1 aromatic rings. The fourth-order valence-corrected chi connectivity index (χ4v) is 1.93. The molecule has 0 atom stereocenters. The van der Waals surface area contributed by atoms with Crippen molar-refractivity contribution in [3.05, 3.63) is 29.8 Å². The predicted octanol–water partition coefficient (Wildman–Crippen LogP) is 2.13. The summed E-state index contributed by atoms with van der Waals surface area (Å²) in [6.45, 7) is 4.01. The summed E-state index contributed by atoms with van der Waals surface area (Å²) in [6.07, 6.45) is 0.878. The number of para-hydroxylation sites is 1. The monoisotopic (exact) mass is 214 g/mol. The van der Waals surface area contributed by atoms with E-state index in [4.69, 9.17) is 5.26 Å². The van der Waals surface area contributed by atoms with Crippen LogP contribution in [0.3, 0.4) is 0 Å². The first kappa shape index (κ1) is 10.7. The molecule has 1 aliphatic heterocycles. The van der Waals surface area contributed by atoms with Crippen LogP contribution in [0.25, 0.3) is 0 Å². The quantitative estimate of drug-likeness (QED) is 0.718. The average Bonchev–Trinajstić information content (AvgIpc) is 2.71. The standard InChI is InChI=1S/C13H14N2O/c1-13(2,9-14)12(16)15-8-7-10-5-3-4-6-11(10)15/h3-6H,7-8H2,1-2H3. The predicted molar refractivity (Wildman–Crippen MR) is 61.9 cm³/mol. The molecule has 3 nitrogen and oxygen atoms in total. The Kier molecular flexibility index (Phi) is 2.43. The van der Waals surface area contributed by atoms with Gasteiger partial charge < -0.3 is 4.90 Å². The SMILES string of the molecule is CC(C)(C#N)C(=O)N1CCc2ccccc21. The lowest BCUT2D eigenvalue weighted by molar-refractivity contribution is -0.124. The van der Waals surface area contributed by atoms with Gasteiger partial charge in [0.2, 0.25) is 5.91 Å². The summed E-state index contributed by atoms with van der Waals surface area (Å²) in [5, 5.41) is 8.98. The van der Waals surface area contributed by atoms with E-state index >= 15 is 0 Å². The van der Waals surface area contributed by atoms with E-state index in [-0.39, 0.29) is 5.91 Å². The molecule has 0 aromatic heterocycles. The van der Waals surface area contributed by atoms with Crippen molar-refractivity contribution >= 4 is 11.6 Å². The lowest BCUT2D eigenvalue weighted by Crippen LogP contribution is -2.39. The van der Waals surface area contributed by atoms with E-state index < -0.39 is 5.41 Å². The number of carbonyl (C=O) groups is 1. The minimum absolute atomic E-state index is 0.111. The molecule has 1 heterocycles. The number of nitrogens with zero attached hydrogens (tertiary/aromatic N) is 2. The Morgan fingerprint density at radius 1 is 1.44 bits per heavy atom. The van der Waals surface area contributed by atoms with Gasteiger partial charge in [-0.15, -0.1) is 0 Å². The molecule has 0 bridgehead atoms.